The van der Waals surface area contributed by atoms with Gasteiger partial charge in [-0.25, -0.2) is 4.57 Å². The van der Waals surface area contributed by atoms with Crippen molar-refractivity contribution in [2.45, 2.75) is 362 Å². The molecule has 24 nitrogen and oxygen atoms in total. The average Bonchev–Trinajstić information content (AvgIpc) is 1.16. The molecule has 18 atom stereocenters. The number of hydrogen-bond acceptors (Lipinski definition) is 23. The molecule has 18 unspecified atom stereocenters. The fourth-order valence-corrected chi connectivity index (χ4v) is 12.4. The maximum atomic E-state index is 14.3. The minimum absolute atomic E-state index is 0.0326. The molecule has 3 fully saturated rings. The van der Waals surface area contributed by atoms with E-state index >= 15 is 0 Å². The molecule has 2 saturated heterocycles. The number of carbonyl (C=O) groups excluding carboxylic acids is 3. The summed E-state index contributed by atoms with van der Waals surface area (Å²) in [6, 6.07) is 0. The van der Waals surface area contributed by atoms with Crippen LogP contribution in [0.15, 0.2) is 0 Å². The zero-order chi connectivity index (χ0) is 65.4. The molecule has 0 aromatic carbocycles. The maximum Gasteiger partial charge on any atom is 0.472 e. The van der Waals surface area contributed by atoms with E-state index in [2.05, 4.69) is 20.8 Å². The summed E-state index contributed by atoms with van der Waals surface area (Å²) in [5.41, 5.74) is 0. The molecule has 0 radical (unpaired) electrons. The second-order valence-corrected chi connectivity index (χ2v) is 26.3. The van der Waals surface area contributed by atoms with Gasteiger partial charge in [-0.2, -0.15) is 0 Å². The molecule has 0 spiro atoms. The Kier molecular flexibility index (Phi) is 43.6. The van der Waals surface area contributed by atoms with E-state index < -0.39 is 156 Å². The first-order valence-corrected chi connectivity index (χ1v) is 35.8. The van der Waals surface area contributed by atoms with Crippen LogP contribution in [-0.4, -0.2) is 204 Å². The Morgan fingerprint density at radius 2 is 0.719 bits per heavy atom. The van der Waals surface area contributed by atoms with E-state index in [0.717, 1.165) is 96.3 Å². The van der Waals surface area contributed by atoms with Gasteiger partial charge < -0.3 is 89.1 Å². The van der Waals surface area contributed by atoms with Crippen LogP contribution in [0.2, 0.25) is 0 Å². The van der Waals surface area contributed by atoms with Gasteiger partial charge in [0.2, 0.25) is 0 Å². The summed E-state index contributed by atoms with van der Waals surface area (Å²) < 4.78 is 64.7. The fourth-order valence-electron chi connectivity index (χ4n) is 11.5. The molecule has 25 heteroatoms. The van der Waals surface area contributed by atoms with Crippen LogP contribution in [-0.2, 0) is 61.2 Å². The Bertz CT molecular complexity index is 1870. The molecule has 11 N–H and O–H groups in total. The number of esters is 3. The van der Waals surface area contributed by atoms with Crippen molar-refractivity contribution in [1.82, 2.24) is 0 Å². The summed E-state index contributed by atoms with van der Waals surface area (Å²) in [5.74, 6) is -1.98. The number of hydrogen-bond donors (Lipinski definition) is 11. The molecule has 3 aliphatic rings. The van der Waals surface area contributed by atoms with Crippen molar-refractivity contribution in [2.24, 2.45) is 0 Å². The zero-order valence-corrected chi connectivity index (χ0v) is 54.9. The first-order chi connectivity index (χ1) is 42.8. The van der Waals surface area contributed by atoms with Crippen molar-refractivity contribution in [3.8, 4) is 0 Å². The molecule has 2 heterocycles. The summed E-state index contributed by atoms with van der Waals surface area (Å²) in [7, 11) is -5.68. The second kappa shape index (κ2) is 47.8. The Morgan fingerprint density at radius 1 is 0.393 bits per heavy atom. The van der Waals surface area contributed by atoms with Gasteiger partial charge >= 0.3 is 25.7 Å². The smallest absolute Gasteiger partial charge is 0.463 e. The molecular weight excluding hydrogens is 1180 g/mol. The van der Waals surface area contributed by atoms with Crippen LogP contribution in [0.4, 0.5) is 0 Å². The van der Waals surface area contributed by atoms with Crippen molar-refractivity contribution < 1.29 is 117 Å². The summed E-state index contributed by atoms with van der Waals surface area (Å²) in [5, 5.41) is 110. The number of carbonyl (C=O) groups is 3. The number of aliphatic hydroxyl groups is 10. The van der Waals surface area contributed by atoms with E-state index in [1.807, 2.05) is 0 Å². The third-order valence-corrected chi connectivity index (χ3v) is 18.1. The molecule has 0 bridgehead atoms. The van der Waals surface area contributed by atoms with Gasteiger partial charge in [-0.05, 0) is 19.3 Å². The number of phosphoric ester groups is 1. The number of aliphatic hydroxyl groups excluding tert-OH is 10. The molecule has 3 rings (SSSR count). The van der Waals surface area contributed by atoms with E-state index in [0.29, 0.717) is 19.3 Å². The lowest BCUT2D eigenvalue weighted by Crippen LogP contribution is -2.69. The van der Waals surface area contributed by atoms with Crippen LogP contribution >= 0.6 is 7.82 Å². The van der Waals surface area contributed by atoms with E-state index in [1.165, 1.54) is 103 Å². The Balaban J connectivity index is 1.78. The third kappa shape index (κ3) is 32.3. The third-order valence-electron chi connectivity index (χ3n) is 17.1. The molecule has 524 valence electrons. The van der Waals surface area contributed by atoms with Gasteiger partial charge in [-0.15, -0.1) is 0 Å². The second-order valence-electron chi connectivity index (χ2n) is 24.9. The Labute approximate surface area is 530 Å². The Hall–Kier alpha value is -2.04. The molecule has 89 heavy (non-hydrogen) atoms. The highest BCUT2D eigenvalue weighted by atomic mass is 31.2. The fraction of sp³-hybridized carbons (Fsp3) is 0.953. The van der Waals surface area contributed by atoms with Gasteiger partial charge in [0.1, 0.15) is 98.7 Å². The number of phosphoric acid groups is 1. The largest absolute Gasteiger partial charge is 0.472 e. The van der Waals surface area contributed by atoms with Crippen LogP contribution in [0.25, 0.3) is 0 Å². The van der Waals surface area contributed by atoms with E-state index in [-0.39, 0.29) is 19.3 Å². The molecule has 0 amide bonds. The zero-order valence-electron chi connectivity index (χ0n) is 54.0. The SMILES string of the molecule is CCCCCCCCCCCCCCC(=O)OC(COC(=O)CCCCCCCCCCCCC)COP(=O)(O)OC1C(OC2OC(CO)C(O)C(O)C2O)C(O)C(O)C(O)C1OC1OC(COC(=O)CCCCCCCCCCCCC)C(O)C(O)C1O. The van der Waals surface area contributed by atoms with Gasteiger partial charge in [-0.3, -0.25) is 23.4 Å². The summed E-state index contributed by atoms with van der Waals surface area (Å²) in [4.78, 5) is 50.7. The number of unbranched alkanes of at least 4 members (excludes halogenated alkanes) is 31. The summed E-state index contributed by atoms with van der Waals surface area (Å²) in [6.07, 6.45) is 0.848. The summed E-state index contributed by atoms with van der Waals surface area (Å²) in [6.45, 7) is 3.39. The van der Waals surface area contributed by atoms with Gasteiger partial charge in [-0.1, -0.05) is 220 Å². The minimum atomic E-state index is -5.68. The van der Waals surface area contributed by atoms with E-state index in [9.17, 15) is 74.9 Å². The highest BCUT2D eigenvalue weighted by molar-refractivity contribution is 7.47. The van der Waals surface area contributed by atoms with Crippen molar-refractivity contribution in [3.63, 3.8) is 0 Å². The van der Waals surface area contributed by atoms with Crippen LogP contribution in [0.1, 0.15) is 258 Å². The number of rotatable bonds is 52. The van der Waals surface area contributed by atoms with Crippen molar-refractivity contribution in [3.05, 3.63) is 0 Å². The Morgan fingerprint density at radius 3 is 1.10 bits per heavy atom. The summed E-state index contributed by atoms with van der Waals surface area (Å²) >= 11 is 0. The topological polar surface area (TPSA) is 374 Å². The van der Waals surface area contributed by atoms with E-state index in [1.54, 1.807) is 0 Å². The minimum Gasteiger partial charge on any atom is -0.463 e. The monoisotopic (exact) mass is 1300 g/mol. The maximum absolute atomic E-state index is 14.3. The van der Waals surface area contributed by atoms with E-state index in [4.69, 9.17) is 42.2 Å². The van der Waals surface area contributed by atoms with Crippen molar-refractivity contribution in [1.29, 1.82) is 0 Å². The molecule has 0 aromatic rings. The van der Waals surface area contributed by atoms with Crippen LogP contribution < -0.4 is 0 Å². The van der Waals surface area contributed by atoms with Gasteiger partial charge in [0.15, 0.2) is 18.7 Å². The lowest BCUT2D eigenvalue weighted by Gasteiger charge is -2.49. The quantitative estimate of drug-likeness (QED) is 0.0122. The molecular formula is C64H119O24P. The highest BCUT2D eigenvalue weighted by Crippen LogP contribution is 2.49. The van der Waals surface area contributed by atoms with Gasteiger partial charge in [0.25, 0.3) is 0 Å². The lowest BCUT2D eigenvalue weighted by molar-refractivity contribution is -0.360. The molecule has 1 saturated carbocycles. The van der Waals surface area contributed by atoms with Crippen molar-refractivity contribution >= 4 is 25.7 Å². The van der Waals surface area contributed by atoms with Gasteiger partial charge in [0, 0.05) is 19.3 Å². The predicted octanol–water partition coefficient (Wildman–Crippen LogP) is 7.45. The van der Waals surface area contributed by atoms with Crippen molar-refractivity contribution in [2.75, 3.05) is 26.4 Å². The molecule has 2 aliphatic heterocycles. The molecule has 1 aliphatic carbocycles. The molecule has 0 aromatic heterocycles. The standard InChI is InChI=1S/C64H119O24P/c1-4-7-10-13-16-19-22-25-28-31-34-37-40-50(68)83-45(42-80-48(66)38-35-32-29-26-23-20-17-14-11-8-5-2)43-82-89(78,79)88-62-60(86-63-58(76)53(71)51(69)46(41-65)84-63)56(74)55(73)57(75)61(62)87-64-59(77)54(72)52(70)47(85-64)44-81-49(67)39-36-33-30-27-24-21-18-15-12-9-6-3/h45-47,51-65,69-77H,4-44H2,1-3H3,(H,78,79). The number of ether oxygens (including phenoxy) is 7. The van der Waals surface area contributed by atoms with Crippen LogP contribution in [0, 0.1) is 0 Å². The first kappa shape index (κ1) is 81.2. The van der Waals surface area contributed by atoms with Crippen LogP contribution in [0.5, 0.6) is 0 Å². The normalized spacial score (nSPS) is 29.1. The average molecular weight is 1300 g/mol. The van der Waals surface area contributed by atoms with Crippen LogP contribution in [0.3, 0.4) is 0 Å². The van der Waals surface area contributed by atoms with Gasteiger partial charge in [0.05, 0.1) is 13.2 Å². The predicted molar refractivity (Wildman–Crippen MR) is 329 cm³/mol. The first-order valence-electron chi connectivity index (χ1n) is 34.3. The lowest BCUT2D eigenvalue weighted by atomic mass is 9.84. The highest BCUT2D eigenvalue weighted by Gasteiger charge is 2.58.